The summed E-state index contributed by atoms with van der Waals surface area (Å²) in [6.07, 6.45) is 0. The lowest BCUT2D eigenvalue weighted by Gasteiger charge is -2.08. The summed E-state index contributed by atoms with van der Waals surface area (Å²) in [6, 6.07) is 42.4. The standard InChI is InChI=1S/C30H20O/c1-2-11-22(12-3-1)25-14-6-7-15-26(25)30-28-17-9-8-16-27(28)29(31-30)24-19-18-21-10-4-5-13-23(21)20-24/h1-20H. The highest BCUT2D eigenvalue weighted by Gasteiger charge is 2.18. The minimum Gasteiger partial charge on any atom is -0.455 e. The predicted octanol–water partition coefficient (Wildman–Crippen LogP) is 8.59. The second kappa shape index (κ2) is 7.30. The Morgan fingerprint density at radius 2 is 1.00 bits per heavy atom. The van der Waals surface area contributed by atoms with Crippen LogP contribution >= 0.6 is 0 Å². The second-order valence-corrected chi connectivity index (χ2v) is 7.78. The van der Waals surface area contributed by atoms with E-state index in [1.54, 1.807) is 0 Å². The lowest BCUT2D eigenvalue weighted by atomic mass is 9.96. The van der Waals surface area contributed by atoms with Crippen molar-refractivity contribution in [2.24, 2.45) is 0 Å². The third-order valence-electron chi connectivity index (χ3n) is 5.89. The van der Waals surface area contributed by atoms with E-state index < -0.39 is 0 Å². The second-order valence-electron chi connectivity index (χ2n) is 7.78. The van der Waals surface area contributed by atoms with Crippen molar-refractivity contribution in [3.63, 3.8) is 0 Å². The highest BCUT2D eigenvalue weighted by Crippen LogP contribution is 2.42. The summed E-state index contributed by atoms with van der Waals surface area (Å²) in [4.78, 5) is 0. The molecule has 6 rings (SSSR count). The smallest absolute Gasteiger partial charge is 0.143 e. The first kappa shape index (κ1) is 17.7. The van der Waals surface area contributed by atoms with Crippen LogP contribution in [0.4, 0.5) is 0 Å². The van der Waals surface area contributed by atoms with Crippen LogP contribution in [0.5, 0.6) is 0 Å². The number of furan rings is 1. The molecule has 6 aromatic rings. The minimum atomic E-state index is 0.915. The van der Waals surface area contributed by atoms with E-state index in [-0.39, 0.29) is 0 Å². The number of benzene rings is 5. The van der Waals surface area contributed by atoms with Crippen molar-refractivity contribution in [2.75, 3.05) is 0 Å². The van der Waals surface area contributed by atoms with Crippen LogP contribution in [0.3, 0.4) is 0 Å². The maximum absolute atomic E-state index is 6.65. The number of hydrogen-bond donors (Lipinski definition) is 0. The highest BCUT2D eigenvalue weighted by atomic mass is 16.3. The third kappa shape index (κ3) is 3.03. The van der Waals surface area contributed by atoms with E-state index >= 15 is 0 Å². The summed E-state index contributed by atoms with van der Waals surface area (Å²) >= 11 is 0. The van der Waals surface area contributed by atoms with Crippen LogP contribution in [0.25, 0.3) is 55.3 Å². The van der Waals surface area contributed by atoms with Crippen LogP contribution in [0, 0.1) is 0 Å². The molecule has 0 aliphatic carbocycles. The quantitative estimate of drug-likeness (QED) is 0.292. The summed E-state index contributed by atoms with van der Waals surface area (Å²) in [5, 5.41) is 4.72. The normalized spacial score (nSPS) is 11.2. The molecule has 1 heteroatoms. The first-order valence-corrected chi connectivity index (χ1v) is 10.5. The Labute approximate surface area is 181 Å². The topological polar surface area (TPSA) is 13.1 Å². The zero-order chi connectivity index (χ0) is 20.6. The maximum atomic E-state index is 6.65. The molecule has 0 saturated carbocycles. The molecular formula is C30H20O. The van der Waals surface area contributed by atoms with Gasteiger partial charge in [-0.15, -0.1) is 0 Å². The van der Waals surface area contributed by atoms with Gasteiger partial charge < -0.3 is 4.42 Å². The number of fused-ring (bicyclic) bond motifs is 2. The molecule has 146 valence electrons. The Hall–Kier alpha value is -4.10. The molecule has 0 unspecified atom stereocenters. The van der Waals surface area contributed by atoms with E-state index in [4.69, 9.17) is 4.42 Å². The summed E-state index contributed by atoms with van der Waals surface area (Å²) < 4.78 is 6.65. The van der Waals surface area contributed by atoms with Crippen LogP contribution in [0.1, 0.15) is 0 Å². The average Bonchev–Trinajstić information content (AvgIpc) is 3.24. The minimum absolute atomic E-state index is 0.915. The number of rotatable bonds is 3. The van der Waals surface area contributed by atoms with E-state index in [9.17, 15) is 0 Å². The fourth-order valence-corrected chi connectivity index (χ4v) is 4.39. The Bertz CT molecular complexity index is 1520. The van der Waals surface area contributed by atoms with E-state index in [0.29, 0.717) is 0 Å². The molecular weight excluding hydrogens is 376 g/mol. The summed E-state index contributed by atoms with van der Waals surface area (Å²) in [5.74, 6) is 1.83. The van der Waals surface area contributed by atoms with Crippen molar-refractivity contribution in [3.8, 4) is 33.8 Å². The van der Waals surface area contributed by atoms with Gasteiger partial charge in [0.2, 0.25) is 0 Å². The monoisotopic (exact) mass is 396 g/mol. The van der Waals surface area contributed by atoms with E-state index in [2.05, 4.69) is 115 Å². The van der Waals surface area contributed by atoms with Crippen molar-refractivity contribution in [3.05, 3.63) is 121 Å². The molecule has 0 saturated heterocycles. The molecule has 0 bridgehead atoms. The SMILES string of the molecule is c1ccc(-c2ccccc2-c2oc(-c3ccc4ccccc4c3)c3ccccc23)cc1. The molecule has 0 atom stereocenters. The number of hydrogen-bond acceptors (Lipinski definition) is 1. The lowest BCUT2D eigenvalue weighted by molar-refractivity contribution is 0.602. The van der Waals surface area contributed by atoms with E-state index in [1.807, 2.05) is 6.07 Å². The van der Waals surface area contributed by atoms with Gasteiger partial charge >= 0.3 is 0 Å². The molecule has 1 aromatic heterocycles. The molecule has 0 amide bonds. The van der Waals surface area contributed by atoms with Gasteiger partial charge in [-0.25, -0.2) is 0 Å². The lowest BCUT2D eigenvalue weighted by Crippen LogP contribution is -1.83. The molecule has 31 heavy (non-hydrogen) atoms. The highest BCUT2D eigenvalue weighted by molar-refractivity contribution is 6.05. The van der Waals surface area contributed by atoms with Gasteiger partial charge in [0.25, 0.3) is 0 Å². The van der Waals surface area contributed by atoms with Crippen LogP contribution in [0.15, 0.2) is 126 Å². The summed E-state index contributed by atoms with van der Waals surface area (Å²) in [7, 11) is 0. The van der Waals surface area contributed by atoms with Crippen molar-refractivity contribution in [2.45, 2.75) is 0 Å². The molecule has 0 aliphatic rings. The van der Waals surface area contributed by atoms with Gasteiger partial charge in [0.15, 0.2) is 0 Å². The van der Waals surface area contributed by atoms with Gasteiger partial charge in [-0.3, -0.25) is 0 Å². The van der Waals surface area contributed by atoms with Crippen LogP contribution < -0.4 is 0 Å². The molecule has 5 aromatic carbocycles. The predicted molar refractivity (Wildman–Crippen MR) is 130 cm³/mol. The van der Waals surface area contributed by atoms with E-state index in [0.717, 1.165) is 33.4 Å². The Kier molecular flexibility index (Phi) is 4.18. The zero-order valence-electron chi connectivity index (χ0n) is 17.0. The molecule has 1 heterocycles. The van der Waals surface area contributed by atoms with Crippen molar-refractivity contribution in [1.29, 1.82) is 0 Å². The van der Waals surface area contributed by atoms with Crippen LogP contribution in [-0.4, -0.2) is 0 Å². The fourth-order valence-electron chi connectivity index (χ4n) is 4.39. The largest absolute Gasteiger partial charge is 0.455 e. The summed E-state index contributed by atoms with van der Waals surface area (Å²) in [6.45, 7) is 0. The summed E-state index contributed by atoms with van der Waals surface area (Å²) in [5.41, 5.74) is 4.56. The Morgan fingerprint density at radius 3 is 1.81 bits per heavy atom. The van der Waals surface area contributed by atoms with Crippen molar-refractivity contribution >= 4 is 21.5 Å². The maximum Gasteiger partial charge on any atom is 0.143 e. The first-order valence-electron chi connectivity index (χ1n) is 10.5. The van der Waals surface area contributed by atoms with Crippen LogP contribution in [-0.2, 0) is 0 Å². The van der Waals surface area contributed by atoms with Gasteiger partial charge in [0.1, 0.15) is 11.5 Å². The van der Waals surface area contributed by atoms with Crippen molar-refractivity contribution < 1.29 is 4.42 Å². The fraction of sp³-hybridized carbons (Fsp3) is 0. The van der Waals surface area contributed by atoms with Gasteiger partial charge in [-0.1, -0.05) is 115 Å². The zero-order valence-corrected chi connectivity index (χ0v) is 17.0. The molecule has 0 spiro atoms. The molecule has 0 N–H and O–H groups in total. The van der Waals surface area contributed by atoms with Gasteiger partial charge in [-0.2, -0.15) is 0 Å². The Morgan fingerprint density at radius 1 is 0.387 bits per heavy atom. The Balaban J connectivity index is 1.60. The average molecular weight is 396 g/mol. The molecule has 1 nitrogen and oxygen atoms in total. The van der Waals surface area contributed by atoms with Gasteiger partial charge in [0.05, 0.1) is 0 Å². The first-order chi connectivity index (χ1) is 15.4. The van der Waals surface area contributed by atoms with E-state index in [1.165, 1.54) is 21.9 Å². The molecule has 0 fully saturated rings. The van der Waals surface area contributed by atoms with Crippen LogP contribution in [0.2, 0.25) is 0 Å². The van der Waals surface area contributed by atoms with Gasteiger partial charge in [-0.05, 0) is 28.0 Å². The van der Waals surface area contributed by atoms with Crippen molar-refractivity contribution in [1.82, 2.24) is 0 Å². The molecule has 0 aliphatic heterocycles. The van der Waals surface area contributed by atoms with Gasteiger partial charge in [0, 0.05) is 21.9 Å². The molecule has 0 radical (unpaired) electrons. The third-order valence-corrected chi connectivity index (χ3v) is 5.89.